The summed E-state index contributed by atoms with van der Waals surface area (Å²) in [7, 11) is 1.25. The van der Waals surface area contributed by atoms with Gasteiger partial charge in [0.1, 0.15) is 5.58 Å². The monoisotopic (exact) mass is 220 g/mol. The van der Waals surface area contributed by atoms with Crippen LogP contribution in [0.25, 0.3) is 11.0 Å². The third-order valence-corrected chi connectivity index (χ3v) is 2.15. The molecule has 82 valence electrons. The molecular formula is C11H8O5. The van der Waals surface area contributed by atoms with Crippen LogP contribution in [0.4, 0.5) is 0 Å². The summed E-state index contributed by atoms with van der Waals surface area (Å²) in [5.74, 6) is -1.58. The van der Waals surface area contributed by atoms with Crippen LogP contribution in [0.15, 0.2) is 28.7 Å². The zero-order valence-corrected chi connectivity index (χ0v) is 8.39. The highest BCUT2D eigenvalue weighted by atomic mass is 16.5. The predicted octanol–water partition coefficient (Wildman–Crippen LogP) is 1.92. The van der Waals surface area contributed by atoms with Gasteiger partial charge in [-0.3, -0.25) is 0 Å². The minimum Gasteiger partial charge on any atom is -0.478 e. The van der Waals surface area contributed by atoms with Gasteiger partial charge in [0, 0.05) is 5.39 Å². The second-order valence-corrected chi connectivity index (χ2v) is 3.16. The third-order valence-electron chi connectivity index (χ3n) is 2.15. The number of methoxy groups -OCH3 is 1. The van der Waals surface area contributed by atoms with Gasteiger partial charge in [-0.1, -0.05) is 6.07 Å². The van der Waals surface area contributed by atoms with Crippen LogP contribution in [0.1, 0.15) is 20.9 Å². The van der Waals surface area contributed by atoms with Crippen LogP contribution in [0.5, 0.6) is 0 Å². The van der Waals surface area contributed by atoms with Crippen molar-refractivity contribution in [1.29, 1.82) is 0 Å². The van der Waals surface area contributed by atoms with Crippen LogP contribution in [0.2, 0.25) is 0 Å². The van der Waals surface area contributed by atoms with Crippen molar-refractivity contribution >= 4 is 22.9 Å². The quantitative estimate of drug-likeness (QED) is 0.782. The van der Waals surface area contributed by atoms with Crippen molar-refractivity contribution < 1.29 is 23.8 Å². The Hall–Kier alpha value is -2.30. The molecule has 0 amide bonds. The molecule has 0 bridgehead atoms. The Morgan fingerprint density at radius 1 is 1.31 bits per heavy atom. The number of hydrogen-bond donors (Lipinski definition) is 1. The fourth-order valence-corrected chi connectivity index (χ4v) is 1.37. The van der Waals surface area contributed by atoms with E-state index in [2.05, 4.69) is 4.74 Å². The molecule has 5 heteroatoms. The molecule has 1 aromatic heterocycles. The van der Waals surface area contributed by atoms with Crippen molar-refractivity contribution in [2.75, 3.05) is 7.11 Å². The lowest BCUT2D eigenvalue weighted by Gasteiger charge is -1.93. The lowest BCUT2D eigenvalue weighted by atomic mass is 10.2. The smallest absolute Gasteiger partial charge is 0.373 e. The molecular weight excluding hydrogens is 212 g/mol. The molecule has 5 nitrogen and oxygen atoms in total. The molecule has 0 radical (unpaired) electrons. The van der Waals surface area contributed by atoms with Gasteiger partial charge in [0.15, 0.2) is 0 Å². The summed E-state index contributed by atoms with van der Waals surface area (Å²) in [6.07, 6.45) is 0. The van der Waals surface area contributed by atoms with Gasteiger partial charge in [-0.2, -0.15) is 0 Å². The number of carbonyl (C=O) groups is 2. The van der Waals surface area contributed by atoms with Crippen LogP contribution in [-0.4, -0.2) is 24.2 Å². The molecule has 2 rings (SSSR count). The molecule has 16 heavy (non-hydrogen) atoms. The van der Waals surface area contributed by atoms with E-state index in [9.17, 15) is 9.59 Å². The predicted molar refractivity (Wildman–Crippen MR) is 54.5 cm³/mol. The second-order valence-electron chi connectivity index (χ2n) is 3.16. The molecule has 1 aromatic carbocycles. The number of carboxylic acid groups (broad SMARTS) is 1. The van der Waals surface area contributed by atoms with Crippen LogP contribution >= 0.6 is 0 Å². The maximum absolute atomic E-state index is 11.2. The van der Waals surface area contributed by atoms with E-state index in [0.29, 0.717) is 11.0 Å². The Bertz CT molecular complexity index is 567. The third kappa shape index (κ3) is 1.63. The Kier molecular flexibility index (Phi) is 2.36. The highest BCUT2D eigenvalue weighted by Crippen LogP contribution is 2.21. The lowest BCUT2D eigenvalue weighted by molar-refractivity contribution is 0.0567. The zero-order chi connectivity index (χ0) is 11.7. The van der Waals surface area contributed by atoms with Gasteiger partial charge in [-0.05, 0) is 18.2 Å². The summed E-state index contributed by atoms with van der Waals surface area (Å²) in [5.41, 5.74) is 0.457. The summed E-state index contributed by atoms with van der Waals surface area (Å²) >= 11 is 0. The van der Waals surface area contributed by atoms with Crippen molar-refractivity contribution in [2.45, 2.75) is 0 Å². The molecule has 0 atom stereocenters. The average Bonchev–Trinajstić information content (AvgIpc) is 2.70. The number of rotatable bonds is 2. The number of benzene rings is 1. The molecule has 1 heterocycles. The van der Waals surface area contributed by atoms with Crippen LogP contribution < -0.4 is 0 Å². The molecule has 0 fully saturated rings. The Balaban J connectivity index is 2.54. The van der Waals surface area contributed by atoms with E-state index in [4.69, 9.17) is 9.52 Å². The Morgan fingerprint density at radius 2 is 2.06 bits per heavy atom. The van der Waals surface area contributed by atoms with Crippen LogP contribution in [-0.2, 0) is 4.74 Å². The number of hydrogen-bond acceptors (Lipinski definition) is 4. The first kappa shape index (κ1) is 10.2. The van der Waals surface area contributed by atoms with Gasteiger partial charge in [0.2, 0.25) is 5.76 Å². The number of furan rings is 1. The number of aromatic carboxylic acids is 1. The van der Waals surface area contributed by atoms with Crippen LogP contribution in [0, 0.1) is 0 Å². The molecule has 0 aliphatic carbocycles. The van der Waals surface area contributed by atoms with E-state index >= 15 is 0 Å². The molecule has 2 aromatic rings. The second kappa shape index (κ2) is 3.69. The first-order chi connectivity index (χ1) is 7.61. The summed E-state index contributed by atoms with van der Waals surface area (Å²) in [4.78, 5) is 21.9. The summed E-state index contributed by atoms with van der Waals surface area (Å²) in [6.45, 7) is 0. The Labute approximate surface area is 90.2 Å². The largest absolute Gasteiger partial charge is 0.478 e. The van der Waals surface area contributed by atoms with Gasteiger partial charge in [-0.15, -0.1) is 0 Å². The Morgan fingerprint density at radius 3 is 2.69 bits per heavy atom. The van der Waals surface area contributed by atoms with E-state index in [1.807, 2.05) is 0 Å². The van der Waals surface area contributed by atoms with Gasteiger partial charge >= 0.3 is 11.9 Å². The van der Waals surface area contributed by atoms with Crippen molar-refractivity contribution in [3.63, 3.8) is 0 Å². The fourth-order valence-electron chi connectivity index (χ4n) is 1.37. The minimum atomic E-state index is -1.04. The number of ether oxygens (including phenoxy) is 1. The highest BCUT2D eigenvalue weighted by Gasteiger charge is 2.13. The standard InChI is InChI=1S/C11H8O5/c1-15-11(14)9-4-6-2-3-7(10(12)13)5-8(6)16-9/h2-5H,1H3,(H,12,13). The van der Waals surface area contributed by atoms with E-state index in [1.165, 1.54) is 25.3 Å². The normalized spacial score (nSPS) is 10.3. The molecule has 0 saturated carbocycles. The molecule has 0 aliphatic rings. The topological polar surface area (TPSA) is 76.7 Å². The van der Waals surface area contributed by atoms with Gasteiger partial charge in [-0.25, -0.2) is 9.59 Å². The minimum absolute atomic E-state index is 0.0556. The van der Waals surface area contributed by atoms with E-state index < -0.39 is 11.9 Å². The highest BCUT2D eigenvalue weighted by molar-refractivity contribution is 5.96. The number of carboxylic acids is 1. The summed E-state index contributed by atoms with van der Waals surface area (Å²) in [6, 6.07) is 5.90. The van der Waals surface area contributed by atoms with Crippen LogP contribution in [0.3, 0.4) is 0 Å². The van der Waals surface area contributed by atoms with E-state index in [1.54, 1.807) is 6.07 Å². The van der Waals surface area contributed by atoms with Crippen molar-refractivity contribution in [3.05, 3.63) is 35.6 Å². The summed E-state index contributed by atoms with van der Waals surface area (Å²) in [5, 5.41) is 9.43. The number of esters is 1. The molecule has 0 spiro atoms. The molecule has 0 unspecified atom stereocenters. The number of fused-ring (bicyclic) bond motifs is 1. The van der Waals surface area contributed by atoms with Crippen molar-refractivity contribution in [3.8, 4) is 0 Å². The fraction of sp³-hybridized carbons (Fsp3) is 0.0909. The maximum Gasteiger partial charge on any atom is 0.373 e. The zero-order valence-electron chi connectivity index (χ0n) is 8.39. The van der Waals surface area contributed by atoms with Crippen molar-refractivity contribution in [1.82, 2.24) is 0 Å². The maximum atomic E-state index is 11.2. The van der Waals surface area contributed by atoms with Gasteiger partial charge < -0.3 is 14.3 Å². The molecule has 0 aliphatic heterocycles. The van der Waals surface area contributed by atoms with Gasteiger partial charge in [0.05, 0.1) is 12.7 Å². The molecule has 0 saturated heterocycles. The van der Waals surface area contributed by atoms with E-state index in [0.717, 1.165) is 0 Å². The first-order valence-electron chi connectivity index (χ1n) is 4.47. The van der Waals surface area contributed by atoms with E-state index in [-0.39, 0.29) is 11.3 Å². The number of carbonyl (C=O) groups excluding carboxylic acids is 1. The summed E-state index contributed by atoms with van der Waals surface area (Å²) < 4.78 is 9.67. The van der Waals surface area contributed by atoms with Gasteiger partial charge in [0.25, 0.3) is 0 Å². The first-order valence-corrected chi connectivity index (χ1v) is 4.47. The average molecular weight is 220 g/mol. The van der Waals surface area contributed by atoms with Crippen molar-refractivity contribution in [2.24, 2.45) is 0 Å². The lowest BCUT2D eigenvalue weighted by Crippen LogP contribution is -1.97. The SMILES string of the molecule is COC(=O)c1cc2ccc(C(=O)O)cc2o1. The molecule has 1 N–H and O–H groups in total.